The highest BCUT2D eigenvalue weighted by Crippen LogP contribution is 2.07. The molecule has 17 heavy (non-hydrogen) atoms. The summed E-state index contributed by atoms with van der Waals surface area (Å²) in [6.45, 7) is 2.18. The van der Waals surface area contributed by atoms with Crippen LogP contribution in [0.4, 0.5) is 5.95 Å². The van der Waals surface area contributed by atoms with Gasteiger partial charge in [0.15, 0.2) is 0 Å². The van der Waals surface area contributed by atoms with Gasteiger partial charge in [0.1, 0.15) is 0 Å². The third-order valence-corrected chi connectivity index (χ3v) is 2.38. The first-order valence-electron chi connectivity index (χ1n) is 5.53. The summed E-state index contributed by atoms with van der Waals surface area (Å²) in [7, 11) is 1.68. The molecule has 2 aromatic rings. The Morgan fingerprint density at radius 2 is 2.35 bits per heavy atom. The van der Waals surface area contributed by atoms with E-state index in [9.17, 15) is 0 Å². The summed E-state index contributed by atoms with van der Waals surface area (Å²) in [6.07, 6.45) is 7.36. The predicted octanol–water partition coefficient (Wildman–Crippen LogP) is 1.38. The van der Waals surface area contributed by atoms with Crippen LogP contribution in [-0.2, 0) is 11.3 Å². The molecule has 0 amide bonds. The van der Waals surface area contributed by atoms with Gasteiger partial charge >= 0.3 is 0 Å². The van der Waals surface area contributed by atoms with Crippen molar-refractivity contribution in [2.75, 3.05) is 25.6 Å². The summed E-state index contributed by atoms with van der Waals surface area (Å²) in [4.78, 5) is 8.36. The molecular formula is C12H16N4O. The van der Waals surface area contributed by atoms with Crippen molar-refractivity contribution in [1.29, 1.82) is 0 Å². The molecule has 0 saturated heterocycles. The van der Waals surface area contributed by atoms with Crippen molar-refractivity contribution < 1.29 is 4.74 Å². The van der Waals surface area contributed by atoms with Crippen LogP contribution in [0.15, 0.2) is 36.9 Å². The van der Waals surface area contributed by atoms with Gasteiger partial charge in [0.25, 0.3) is 0 Å². The van der Waals surface area contributed by atoms with E-state index >= 15 is 0 Å². The topological polar surface area (TPSA) is 52.0 Å². The van der Waals surface area contributed by atoms with Crippen LogP contribution in [0.3, 0.4) is 0 Å². The molecule has 2 heterocycles. The molecule has 0 fully saturated rings. The minimum atomic E-state index is 0.666. The van der Waals surface area contributed by atoms with Gasteiger partial charge in [-0.15, -0.1) is 0 Å². The maximum absolute atomic E-state index is 4.99. The average molecular weight is 232 g/mol. The molecule has 0 spiro atoms. The standard InChI is InChI=1S/C12H16N4O/c1-17-8-6-15-12-14-5-7-16(12)10-11-3-2-4-13-9-11/h2-5,7,9H,6,8,10H2,1H3,(H,14,15). The molecule has 0 aliphatic heterocycles. The van der Waals surface area contributed by atoms with E-state index in [1.54, 1.807) is 19.5 Å². The maximum atomic E-state index is 4.99. The van der Waals surface area contributed by atoms with Crippen LogP contribution in [0, 0.1) is 0 Å². The van der Waals surface area contributed by atoms with Crippen LogP contribution in [-0.4, -0.2) is 34.8 Å². The first-order chi connectivity index (χ1) is 8.40. The number of ether oxygens (including phenoxy) is 1. The lowest BCUT2D eigenvalue weighted by Crippen LogP contribution is -2.12. The van der Waals surface area contributed by atoms with Crippen molar-refractivity contribution in [3.63, 3.8) is 0 Å². The second-order valence-electron chi connectivity index (χ2n) is 3.66. The Kier molecular flexibility index (Phi) is 4.10. The third-order valence-electron chi connectivity index (χ3n) is 2.38. The SMILES string of the molecule is COCCNc1nccn1Cc1cccnc1. The number of hydrogen-bond donors (Lipinski definition) is 1. The Morgan fingerprint density at radius 1 is 1.41 bits per heavy atom. The van der Waals surface area contributed by atoms with Crippen LogP contribution in [0.2, 0.25) is 0 Å². The highest BCUT2D eigenvalue weighted by Gasteiger charge is 2.02. The van der Waals surface area contributed by atoms with E-state index in [4.69, 9.17) is 4.74 Å². The average Bonchev–Trinajstić information content (AvgIpc) is 2.79. The van der Waals surface area contributed by atoms with Gasteiger partial charge in [-0.3, -0.25) is 4.98 Å². The summed E-state index contributed by atoms with van der Waals surface area (Å²) in [5.74, 6) is 0.853. The van der Waals surface area contributed by atoms with Crippen LogP contribution in [0.5, 0.6) is 0 Å². The molecule has 0 unspecified atom stereocenters. The van der Waals surface area contributed by atoms with Crippen molar-refractivity contribution in [3.05, 3.63) is 42.5 Å². The van der Waals surface area contributed by atoms with Crippen molar-refractivity contribution in [2.45, 2.75) is 6.54 Å². The molecule has 5 heteroatoms. The lowest BCUT2D eigenvalue weighted by molar-refractivity contribution is 0.210. The molecule has 1 N–H and O–H groups in total. The van der Waals surface area contributed by atoms with Gasteiger partial charge in [-0.25, -0.2) is 4.98 Å². The Bertz CT molecular complexity index is 441. The number of hydrogen-bond acceptors (Lipinski definition) is 4. The van der Waals surface area contributed by atoms with Crippen LogP contribution < -0.4 is 5.32 Å². The quantitative estimate of drug-likeness (QED) is 0.765. The van der Waals surface area contributed by atoms with E-state index in [0.29, 0.717) is 6.61 Å². The number of nitrogens with one attached hydrogen (secondary N) is 1. The van der Waals surface area contributed by atoms with Gasteiger partial charge in [0.05, 0.1) is 13.2 Å². The molecule has 2 rings (SSSR count). The Hall–Kier alpha value is -1.88. The normalized spacial score (nSPS) is 10.4. The van der Waals surface area contributed by atoms with E-state index < -0.39 is 0 Å². The fraction of sp³-hybridized carbons (Fsp3) is 0.333. The molecule has 0 aromatic carbocycles. The second kappa shape index (κ2) is 6.00. The largest absolute Gasteiger partial charge is 0.383 e. The molecular weight excluding hydrogens is 216 g/mol. The summed E-state index contributed by atoms with van der Waals surface area (Å²) in [6, 6.07) is 3.98. The lowest BCUT2D eigenvalue weighted by atomic mass is 10.3. The first kappa shape index (κ1) is 11.6. The van der Waals surface area contributed by atoms with Gasteiger partial charge in [-0.1, -0.05) is 6.07 Å². The molecule has 0 saturated carbocycles. The second-order valence-corrected chi connectivity index (χ2v) is 3.66. The number of nitrogens with zero attached hydrogens (tertiary/aromatic N) is 3. The first-order valence-corrected chi connectivity index (χ1v) is 5.53. The summed E-state index contributed by atoms with van der Waals surface area (Å²) < 4.78 is 7.04. The summed E-state index contributed by atoms with van der Waals surface area (Å²) in [5, 5.41) is 3.22. The molecule has 0 bridgehead atoms. The maximum Gasteiger partial charge on any atom is 0.203 e. The zero-order valence-corrected chi connectivity index (χ0v) is 9.84. The minimum absolute atomic E-state index is 0.666. The number of anilines is 1. The number of aromatic nitrogens is 3. The molecule has 90 valence electrons. The zero-order chi connectivity index (χ0) is 11.9. The van der Waals surface area contributed by atoms with E-state index in [-0.39, 0.29) is 0 Å². The monoisotopic (exact) mass is 232 g/mol. The summed E-state index contributed by atoms with van der Waals surface area (Å²) in [5.41, 5.74) is 1.15. The molecule has 0 aliphatic carbocycles. The van der Waals surface area contributed by atoms with E-state index in [0.717, 1.165) is 24.6 Å². The molecule has 5 nitrogen and oxygen atoms in total. The summed E-state index contributed by atoms with van der Waals surface area (Å²) >= 11 is 0. The van der Waals surface area contributed by atoms with Crippen LogP contribution >= 0.6 is 0 Å². The fourth-order valence-electron chi connectivity index (χ4n) is 1.56. The van der Waals surface area contributed by atoms with Crippen LogP contribution in [0.1, 0.15) is 5.56 Å². The van der Waals surface area contributed by atoms with E-state index in [1.165, 1.54) is 0 Å². The Morgan fingerprint density at radius 3 is 3.12 bits per heavy atom. The highest BCUT2D eigenvalue weighted by molar-refractivity contribution is 5.27. The minimum Gasteiger partial charge on any atom is -0.383 e. The van der Waals surface area contributed by atoms with E-state index in [1.807, 2.05) is 29.1 Å². The zero-order valence-electron chi connectivity index (χ0n) is 9.84. The third kappa shape index (κ3) is 3.29. The van der Waals surface area contributed by atoms with Gasteiger partial charge < -0.3 is 14.6 Å². The van der Waals surface area contributed by atoms with Gasteiger partial charge in [-0.2, -0.15) is 0 Å². The molecule has 0 atom stereocenters. The Balaban J connectivity index is 1.99. The number of imidazole rings is 1. The smallest absolute Gasteiger partial charge is 0.203 e. The molecule has 0 radical (unpaired) electrons. The fourth-order valence-corrected chi connectivity index (χ4v) is 1.56. The van der Waals surface area contributed by atoms with Crippen molar-refractivity contribution in [1.82, 2.24) is 14.5 Å². The number of methoxy groups -OCH3 is 1. The van der Waals surface area contributed by atoms with Gasteiger partial charge in [-0.05, 0) is 11.6 Å². The molecule has 0 aliphatic rings. The van der Waals surface area contributed by atoms with Crippen molar-refractivity contribution >= 4 is 5.95 Å². The number of rotatable bonds is 6. The molecule has 2 aromatic heterocycles. The Labute approximate surface area is 100 Å². The van der Waals surface area contributed by atoms with Gasteiger partial charge in [0, 0.05) is 38.4 Å². The van der Waals surface area contributed by atoms with Crippen LogP contribution in [0.25, 0.3) is 0 Å². The number of pyridine rings is 1. The van der Waals surface area contributed by atoms with Crippen molar-refractivity contribution in [3.8, 4) is 0 Å². The highest BCUT2D eigenvalue weighted by atomic mass is 16.5. The van der Waals surface area contributed by atoms with E-state index in [2.05, 4.69) is 15.3 Å². The lowest BCUT2D eigenvalue weighted by Gasteiger charge is -2.09. The van der Waals surface area contributed by atoms with Crippen molar-refractivity contribution in [2.24, 2.45) is 0 Å². The van der Waals surface area contributed by atoms with Gasteiger partial charge in [0.2, 0.25) is 5.95 Å². The predicted molar refractivity (Wildman–Crippen MR) is 65.9 cm³/mol.